The van der Waals surface area contributed by atoms with Gasteiger partial charge >= 0.3 is 11.9 Å². The quantitative estimate of drug-likeness (QED) is 0.172. The van der Waals surface area contributed by atoms with Crippen molar-refractivity contribution in [3.8, 4) is 0 Å². The number of carbonyl (C=O) groups excluding carboxylic acids is 2. The van der Waals surface area contributed by atoms with Gasteiger partial charge < -0.3 is 9.47 Å². The van der Waals surface area contributed by atoms with Gasteiger partial charge in [0.05, 0.1) is 13.2 Å². The molecule has 0 fully saturated rings. The molecule has 0 saturated carbocycles. The summed E-state index contributed by atoms with van der Waals surface area (Å²) in [4.78, 5) is 23.2. The summed E-state index contributed by atoms with van der Waals surface area (Å²) >= 11 is 0. The molecule has 0 saturated heterocycles. The van der Waals surface area contributed by atoms with Gasteiger partial charge in [-0.3, -0.25) is 9.59 Å². The average Bonchev–Trinajstić information content (AvgIpc) is 2.66. The number of rotatable bonds is 20. The first-order valence-electron chi connectivity index (χ1n) is 11.5. The van der Waals surface area contributed by atoms with E-state index >= 15 is 0 Å². The molecular weight excluding hydrogens is 340 g/mol. The van der Waals surface area contributed by atoms with Gasteiger partial charge in [-0.25, -0.2) is 0 Å². The molecule has 4 heteroatoms. The molecule has 0 atom stereocenters. The Labute approximate surface area is 167 Å². The highest BCUT2D eigenvalue weighted by atomic mass is 16.5. The fraction of sp³-hybridized carbons (Fsp3) is 0.913. The van der Waals surface area contributed by atoms with E-state index in [1.807, 2.05) is 0 Å². The number of unbranched alkanes of at least 4 members (excludes halogenated alkanes) is 12. The summed E-state index contributed by atoms with van der Waals surface area (Å²) in [6, 6.07) is 0. The molecule has 0 unspecified atom stereocenters. The zero-order chi connectivity index (χ0) is 20.0. The Kier molecular flexibility index (Phi) is 20.4. The van der Waals surface area contributed by atoms with E-state index in [0.29, 0.717) is 26.1 Å². The second-order valence-corrected chi connectivity index (χ2v) is 7.54. The molecule has 160 valence electrons. The molecule has 0 radical (unpaired) electrons. The summed E-state index contributed by atoms with van der Waals surface area (Å²) in [6.07, 6.45) is 17.9. The molecule has 0 N–H and O–H groups in total. The van der Waals surface area contributed by atoms with Gasteiger partial charge in [0.2, 0.25) is 0 Å². The largest absolute Gasteiger partial charge is 0.466 e. The summed E-state index contributed by atoms with van der Waals surface area (Å²) in [6.45, 7) is 5.50. The molecule has 0 aliphatic heterocycles. The van der Waals surface area contributed by atoms with E-state index in [1.54, 1.807) is 0 Å². The monoisotopic (exact) mass is 384 g/mol. The first-order chi connectivity index (χ1) is 13.2. The fourth-order valence-corrected chi connectivity index (χ4v) is 3.00. The van der Waals surface area contributed by atoms with Crippen LogP contribution in [0, 0.1) is 0 Å². The number of carbonyl (C=O) groups is 2. The summed E-state index contributed by atoms with van der Waals surface area (Å²) in [5.74, 6) is -0.208. The third-order valence-corrected chi connectivity index (χ3v) is 4.78. The zero-order valence-corrected chi connectivity index (χ0v) is 18.1. The Balaban J connectivity index is 3.28. The predicted octanol–water partition coefficient (Wildman–Crippen LogP) is 6.74. The van der Waals surface area contributed by atoms with Gasteiger partial charge in [0.1, 0.15) is 0 Å². The molecule has 0 aliphatic rings. The molecule has 0 aliphatic carbocycles. The van der Waals surface area contributed by atoms with Gasteiger partial charge in [-0.1, -0.05) is 84.5 Å². The Morgan fingerprint density at radius 3 is 1.26 bits per heavy atom. The third-order valence-electron chi connectivity index (χ3n) is 4.78. The highest BCUT2D eigenvalue weighted by Gasteiger charge is 2.05. The van der Waals surface area contributed by atoms with Gasteiger partial charge in [0.25, 0.3) is 0 Å². The van der Waals surface area contributed by atoms with Gasteiger partial charge in [0.15, 0.2) is 0 Å². The smallest absolute Gasteiger partial charge is 0.305 e. The SMILES string of the molecule is CCCCCCCCCCOC(=O)CCCCCC(=O)OCCCCCC. The van der Waals surface area contributed by atoms with Gasteiger partial charge in [-0.15, -0.1) is 0 Å². The minimum atomic E-state index is -0.108. The highest BCUT2D eigenvalue weighted by molar-refractivity contribution is 5.69. The van der Waals surface area contributed by atoms with Crippen molar-refractivity contribution in [1.82, 2.24) is 0 Å². The molecule has 27 heavy (non-hydrogen) atoms. The van der Waals surface area contributed by atoms with E-state index in [4.69, 9.17) is 9.47 Å². The molecule has 0 spiro atoms. The number of esters is 2. The van der Waals surface area contributed by atoms with E-state index < -0.39 is 0 Å². The maximum Gasteiger partial charge on any atom is 0.305 e. The number of hydrogen-bond donors (Lipinski definition) is 0. The Hall–Kier alpha value is -1.06. The summed E-state index contributed by atoms with van der Waals surface area (Å²) < 4.78 is 10.5. The maximum absolute atomic E-state index is 11.7. The molecule has 0 aromatic carbocycles. The first kappa shape index (κ1) is 25.9. The van der Waals surface area contributed by atoms with E-state index in [-0.39, 0.29) is 11.9 Å². The lowest BCUT2D eigenvalue weighted by Crippen LogP contribution is -2.07. The van der Waals surface area contributed by atoms with Gasteiger partial charge in [-0.05, 0) is 25.7 Å². The van der Waals surface area contributed by atoms with Crippen LogP contribution in [0.4, 0.5) is 0 Å². The van der Waals surface area contributed by atoms with Crippen LogP contribution in [-0.4, -0.2) is 25.2 Å². The lowest BCUT2D eigenvalue weighted by atomic mass is 10.1. The van der Waals surface area contributed by atoms with Crippen molar-refractivity contribution in [1.29, 1.82) is 0 Å². The van der Waals surface area contributed by atoms with Crippen LogP contribution in [0.3, 0.4) is 0 Å². The standard InChI is InChI=1S/C23H44O4/c1-3-5-7-9-10-11-12-17-21-27-23(25)19-15-13-14-18-22(24)26-20-16-8-6-4-2/h3-21H2,1-2H3. The summed E-state index contributed by atoms with van der Waals surface area (Å²) in [7, 11) is 0. The molecule has 4 nitrogen and oxygen atoms in total. The molecule has 0 heterocycles. The van der Waals surface area contributed by atoms with Crippen molar-refractivity contribution in [2.24, 2.45) is 0 Å². The first-order valence-corrected chi connectivity index (χ1v) is 11.5. The van der Waals surface area contributed by atoms with Crippen molar-refractivity contribution in [3.63, 3.8) is 0 Å². The minimum absolute atomic E-state index is 0.101. The van der Waals surface area contributed by atoms with Crippen molar-refractivity contribution >= 4 is 11.9 Å². The van der Waals surface area contributed by atoms with Crippen molar-refractivity contribution in [2.75, 3.05) is 13.2 Å². The Bertz CT molecular complexity index is 341. The van der Waals surface area contributed by atoms with Crippen molar-refractivity contribution in [2.45, 2.75) is 123 Å². The molecule has 0 rings (SSSR count). The van der Waals surface area contributed by atoms with Gasteiger partial charge in [-0.2, -0.15) is 0 Å². The predicted molar refractivity (Wildman–Crippen MR) is 112 cm³/mol. The van der Waals surface area contributed by atoms with E-state index in [0.717, 1.165) is 44.9 Å². The van der Waals surface area contributed by atoms with E-state index in [9.17, 15) is 9.59 Å². The summed E-state index contributed by atoms with van der Waals surface area (Å²) in [5, 5.41) is 0. The van der Waals surface area contributed by atoms with Crippen LogP contribution in [0.25, 0.3) is 0 Å². The fourth-order valence-electron chi connectivity index (χ4n) is 3.00. The van der Waals surface area contributed by atoms with Crippen LogP contribution < -0.4 is 0 Å². The van der Waals surface area contributed by atoms with Gasteiger partial charge in [0, 0.05) is 12.8 Å². The average molecular weight is 385 g/mol. The lowest BCUT2D eigenvalue weighted by molar-refractivity contribution is -0.144. The number of ether oxygens (including phenoxy) is 2. The number of hydrogen-bond acceptors (Lipinski definition) is 4. The molecular formula is C23H44O4. The lowest BCUT2D eigenvalue weighted by Gasteiger charge is -2.06. The topological polar surface area (TPSA) is 52.6 Å². The molecule has 0 bridgehead atoms. The molecule has 0 aromatic rings. The second-order valence-electron chi connectivity index (χ2n) is 7.54. The Morgan fingerprint density at radius 2 is 0.815 bits per heavy atom. The summed E-state index contributed by atoms with van der Waals surface area (Å²) in [5.41, 5.74) is 0. The zero-order valence-electron chi connectivity index (χ0n) is 18.1. The van der Waals surface area contributed by atoms with Crippen LogP contribution >= 0.6 is 0 Å². The van der Waals surface area contributed by atoms with Crippen molar-refractivity contribution < 1.29 is 19.1 Å². The van der Waals surface area contributed by atoms with Crippen LogP contribution in [0.15, 0.2) is 0 Å². The third kappa shape index (κ3) is 21.1. The normalized spacial score (nSPS) is 10.7. The molecule has 0 aromatic heterocycles. The maximum atomic E-state index is 11.7. The van der Waals surface area contributed by atoms with Crippen molar-refractivity contribution in [3.05, 3.63) is 0 Å². The van der Waals surface area contributed by atoms with Crippen LogP contribution in [0.2, 0.25) is 0 Å². The minimum Gasteiger partial charge on any atom is -0.466 e. The highest BCUT2D eigenvalue weighted by Crippen LogP contribution is 2.09. The van der Waals surface area contributed by atoms with E-state index in [2.05, 4.69) is 13.8 Å². The molecule has 0 amide bonds. The van der Waals surface area contributed by atoms with E-state index in [1.165, 1.54) is 51.4 Å². The second kappa shape index (κ2) is 21.2. The van der Waals surface area contributed by atoms with Crippen LogP contribution in [0.5, 0.6) is 0 Å². The van der Waals surface area contributed by atoms with Crippen LogP contribution in [-0.2, 0) is 19.1 Å². The Morgan fingerprint density at radius 1 is 0.481 bits per heavy atom. The van der Waals surface area contributed by atoms with Crippen LogP contribution in [0.1, 0.15) is 123 Å².